The van der Waals surface area contributed by atoms with Gasteiger partial charge in [-0.1, -0.05) is 13.3 Å². The Morgan fingerprint density at radius 1 is 1.21 bits per heavy atom. The quantitative estimate of drug-likeness (QED) is 0.674. The number of nitrogens with zero attached hydrogens (tertiary/aromatic N) is 1. The van der Waals surface area contributed by atoms with Gasteiger partial charge in [-0.25, -0.2) is 0 Å². The van der Waals surface area contributed by atoms with Crippen molar-refractivity contribution in [2.75, 3.05) is 32.7 Å². The van der Waals surface area contributed by atoms with E-state index in [1.54, 1.807) is 0 Å². The first-order valence-corrected chi connectivity index (χ1v) is 6.29. The summed E-state index contributed by atoms with van der Waals surface area (Å²) in [5.41, 5.74) is 0. The fraction of sp³-hybridized carbons (Fsp3) is 1.00. The lowest BCUT2D eigenvalue weighted by Gasteiger charge is -2.26. The van der Waals surface area contributed by atoms with Crippen LogP contribution >= 0.6 is 0 Å². The summed E-state index contributed by atoms with van der Waals surface area (Å²) in [6, 6.07) is 0. The van der Waals surface area contributed by atoms with Crippen LogP contribution in [-0.4, -0.2) is 37.6 Å². The minimum absolute atomic E-state index is 0.997. The molecule has 14 heavy (non-hydrogen) atoms. The monoisotopic (exact) mass is 196 g/mol. The van der Waals surface area contributed by atoms with Crippen LogP contribution in [0.3, 0.4) is 0 Å². The van der Waals surface area contributed by atoms with Crippen LogP contribution in [0, 0.1) is 11.8 Å². The van der Waals surface area contributed by atoms with E-state index in [-0.39, 0.29) is 0 Å². The summed E-state index contributed by atoms with van der Waals surface area (Å²) in [5.74, 6) is 1.99. The molecule has 0 aromatic carbocycles. The smallest absolute Gasteiger partial charge is 0.0107 e. The molecule has 2 atom stereocenters. The van der Waals surface area contributed by atoms with Crippen LogP contribution < -0.4 is 5.32 Å². The second-order valence-corrected chi connectivity index (χ2v) is 5.08. The molecule has 2 heteroatoms. The van der Waals surface area contributed by atoms with Crippen molar-refractivity contribution >= 4 is 0 Å². The first-order chi connectivity index (χ1) is 6.86. The van der Waals surface area contributed by atoms with Crippen molar-refractivity contribution in [2.24, 2.45) is 11.8 Å². The number of hydrogen-bond acceptors (Lipinski definition) is 2. The van der Waals surface area contributed by atoms with Crippen LogP contribution in [0.4, 0.5) is 0 Å². The SMILES string of the molecule is CC1CC1CNCCN1CCCCC1. The molecular formula is C12H24N2. The van der Waals surface area contributed by atoms with Gasteiger partial charge in [0, 0.05) is 13.1 Å². The molecule has 1 aliphatic carbocycles. The van der Waals surface area contributed by atoms with E-state index in [9.17, 15) is 0 Å². The molecule has 2 nitrogen and oxygen atoms in total. The zero-order valence-electron chi connectivity index (χ0n) is 9.47. The minimum Gasteiger partial charge on any atom is -0.315 e. The Labute approximate surface area is 88.1 Å². The largest absolute Gasteiger partial charge is 0.315 e. The lowest BCUT2D eigenvalue weighted by atomic mass is 10.1. The Balaban J connectivity index is 1.45. The Hall–Kier alpha value is -0.0800. The summed E-state index contributed by atoms with van der Waals surface area (Å²) in [6.45, 7) is 8.75. The van der Waals surface area contributed by atoms with Gasteiger partial charge in [0.05, 0.1) is 0 Å². The topological polar surface area (TPSA) is 15.3 Å². The molecular weight excluding hydrogens is 172 g/mol. The van der Waals surface area contributed by atoms with Gasteiger partial charge in [0.2, 0.25) is 0 Å². The molecule has 2 fully saturated rings. The molecule has 0 aromatic heterocycles. The highest BCUT2D eigenvalue weighted by Crippen LogP contribution is 2.36. The van der Waals surface area contributed by atoms with E-state index in [1.807, 2.05) is 0 Å². The Bertz CT molecular complexity index is 164. The lowest BCUT2D eigenvalue weighted by molar-refractivity contribution is 0.229. The molecule has 2 aliphatic rings. The third kappa shape index (κ3) is 3.25. The zero-order valence-corrected chi connectivity index (χ0v) is 9.47. The van der Waals surface area contributed by atoms with Crippen molar-refractivity contribution in [3.63, 3.8) is 0 Å². The number of likely N-dealkylation sites (tertiary alicyclic amines) is 1. The second kappa shape index (κ2) is 5.13. The third-order valence-corrected chi connectivity index (χ3v) is 3.74. The van der Waals surface area contributed by atoms with E-state index in [0.29, 0.717) is 0 Å². The van der Waals surface area contributed by atoms with Gasteiger partial charge in [0.25, 0.3) is 0 Å². The first-order valence-electron chi connectivity index (χ1n) is 6.29. The van der Waals surface area contributed by atoms with Crippen molar-refractivity contribution < 1.29 is 0 Å². The predicted molar refractivity (Wildman–Crippen MR) is 60.4 cm³/mol. The molecule has 1 N–H and O–H groups in total. The summed E-state index contributed by atoms with van der Waals surface area (Å²) in [6.07, 6.45) is 5.74. The Kier molecular flexibility index (Phi) is 3.82. The predicted octanol–water partition coefficient (Wildman–Crippen LogP) is 1.72. The summed E-state index contributed by atoms with van der Waals surface area (Å²) in [4.78, 5) is 2.60. The van der Waals surface area contributed by atoms with Crippen LogP contribution in [0.1, 0.15) is 32.6 Å². The summed E-state index contributed by atoms with van der Waals surface area (Å²) >= 11 is 0. The van der Waals surface area contributed by atoms with E-state index < -0.39 is 0 Å². The molecule has 0 spiro atoms. The summed E-state index contributed by atoms with van der Waals surface area (Å²) in [5, 5.41) is 3.58. The molecule has 1 aliphatic heterocycles. The highest BCUT2D eigenvalue weighted by molar-refractivity contribution is 4.84. The molecule has 0 radical (unpaired) electrons. The average Bonchev–Trinajstić information content (AvgIpc) is 2.91. The molecule has 1 saturated heterocycles. The van der Waals surface area contributed by atoms with Crippen LogP contribution in [-0.2, 0) is 0 Å². The van der Waals surface area contributed by atoms with Crippen LogP contribution in [0.5, 0.6) is 0 Å². The molecule has 0 aromatic rings. The Morgan fingerprint density at radius 2 is 1.93 bits per heavy atom. The van der Waals surface area contributed by atoms with Crippen LogP contribution in [0.25, 0.3) is 0 Å². The maximum Gasteiger partial charge on any atom is 0.0107 e. The number of hydrogen-bond donors (Lipinski definition) is 1. The molecule has 2 rings (SSSR count). The normalized spacial score (nSPS) is 33.2. The minimum atomic E-state index is 0.997. The first kappa shape index (κ1) is 10.4. The van der Waals surface area contributed by atoms with Crippen molar-refractivity contribution in [3.05, 3.63) is 0 Å². The average molecular weight is 196 g/mol. The number of piperidine rings is 1. The number of nitrogens with one attached hydrogen (secondary N) is 1. The maximum absolute atomic E-state index is 3.58. The molecule has 1 saturated carbocycles. The van der Waals surface area contributed by atoms with Gasteiger partial charge in [0.1, 0.15) is 0 Å². The fourth-order valence-corrected chi connectivity index (χ4v) is 2.39. The fourth-order valence-electron chi connectivity index (χ4n) is 2.39. The van der Waals surface area contributed by atoms with Crippen molar-refractivity contribution in [3.8, 4) is 0 Å². The summed E-state index contributed by atoms with van der Waals surface area (Å²) in [7, 11) is 0. The zero-order chi connectivity index (χ0) is 9.80. The van der Waals surface area contributed by atoms with Gasteiger partial charge < -0.3 is 10.2 Å². The molecule has 0 bridgehead atoms. The van der Waals surface area contributed by atoms with Crippen LogP contribution in [0.2, 0.25) is 0 Å². The maximum atomic E-state index is 3.58. The molecule has 82 valence electrons. The summed E-state index contributed by atoms with van der Waals surface area (Å²) < 4.78 is 0. The van der Waals surface area contributed by atoms with Gasteiger partial charge >= 0.3 is 0 Å². The van der Waals surface area contributed by atoms with E-state index >= 15 is 0 Å². The third-order valence-electron chi connectivity index (χ3n) is 3.74. The van der Waals surface area contributed by atoms with E-state index in [0.717, 1.165) is 11.8 Å². The highest BCUT2D eigenvalue weighted by atomic mass is 15.1. The van der Waals surface area contributed by atoms with Gasteiger partial charge in [-0.05, 0) is 50.7 Å². The van der Waals surface area contributed by atoms with Gasteiger partial charge in [0.15, 0.2) is 0 Å². The van der Waals surface area contributed by atoms with Gasteiger partial charge in [-0.15, -0.1) is 0 Å². The Morgan fingerprint density at radius 3 is 2.57 bits per heavy atom. The van der Waals surface area contributed by atoms with E-state index in [2.05, 4.69) is 17.1 Å². The molecule has 1 heterocycles. The van der Waals surface area contributed by atoms with Crippen LogP contribution in [0.15, 0.2) is 0 Å². The second-order valence-electron chi connectivity index (χ2n) is 5.08. The standard InChI is InChI=1S/C12H24N2/c1-11-9-12(11)10-13-5-8-14-6-3-2-4-7-14/h11-13H,2-10H2,1H3. The van der Waals surface area contributed by atoms with Gasteiger partial charge in [-0.2, -0.15) is 0 Å². The molecule has 2 unspecified atom stereocenters. The van der Waals surface area contributed by atoms with Gasteiger partial charge in [-0.3, -0.25) is 0 Å². The van der Waals surface area contributed by atoms with Crippen molar-refractivity contribution in [1.82, 2.24) is 10.2 Å². The van der Waals surface area contributed by atoms with E-state index in [4.69, 9.17) is 0 Å². The molecule has 0 amide bonds. The van der Waals surface area contributed by atoms with Crippen molar-refractivity contribution in [2.45, 2.75) is 32.6 Å². The van der Waals surface area contributed by atoms with Crippen molar-refractivity contribution in [1.29, 1.82) is 0 Å². The highest BCUT2D eigenvalue weighted by Gasteiger charge is 2.31. The number of rotatable bonds is 5. The lowest BCUT2D eigenvalue weighted by Crippen LogP contribution is -2.36. The van der Waals surface area contributed by atoms with E-state index in [1.165, 1.54) is 58.4 Å².